The van der Waals surface area contributed by atoms with Crippen molar-refractivity contribution in [3.8, 4) is 0 Å². The summed E-state index contributed by atoms with van der Waals surface area (Å²) >= 11 is 5.85. The van der Waals surface area contributed by atoms with Gasteiger partial charge in [0.25, 0.3) is 0 Å². The number of carbonyl (C=O) groups is 2. The molecular weight excluding hydrogens is 339 g/mol. The summed E-state index contributed by atoms with van der Waals surface area (Å²) in [4.78, 5) is 24.2. The lowest BCUT2D eigenvalue weighted by Gasteiger charge is -2.19. The fourth-order valence-corrected chi connectivity index (χ4v) is 2.95. The van der Waals surface area contributed by atoms with Crippen molar-refractivity contribution < 1.29 is 14.3 Å². The highest BCUT2D eigenvalue weighted by Crippen LogP contribution is 2.27. The maximum absolute atomic E-state index is 12.2. The second kappa shape index (κ2) is 9.11. The monoisotopic (exact) mass is 360 g/mol. The van der Waals surface area contributed by atoms with E-state index in [1.807, 2.05) is 0 Å². The minimum absolute atomic E-state index is 0. The highest BCUT2D eigenvalue weighted by atomic mass is 35.5. The number of methoxy groups -OCH3 is 1. The first kappa shape index (κ1) is 19.7. The third-order valence-electron chi connectivity index (χ3n) is 4.11. The molecule has 2 rings (SSSR count). The van der Waals surface area contributed by atoms with Crippen molar-refractivity contribution in [2.24, 2.45) is 11.7 Å². The van der Waals surface area contributed by atoms with Gasteiger partial charge in [0.2, 0.25) is 5.91 Å². The molecule has 1 fully saturated rings. The molecule has 1 aromatic rings. The van der Waals surface area contributed by atoms with Gasteiger partial charge in [0, 0.05) is 17.5 Å². The van der Waals surface area contributed by atoms with Crippen LogP contribution in [0.3, 0.4) is 0 Å². The van der Waals surface area contributed by atoms with E-state index in [1.54, 1.807) is 24.3 Å². The molecule has 1 saturated carbocycles. The molecule has 7 heteroatoms. The molecule has 5 nitrogen and oxygen atoms in total. The minimum atomic E-state index is -0.826. The summed E-state index contributed by atoms with van der Waals surface area (Å²) in [6.45, 7) is 0. The van der Waals surface area contributed by atoms with Crippen LogP contribution < -0.4 is 11.1 Å². The van der Waals surface area contributed by atoms with Crippen LogP contribution in [0.25, 0.3) is 0 Å². The molecule has 0 aromatic heterocycles. The summed E-state index contributed by atoms with van der Waals surface area (Å²) in [6, 6.07) is 5.99. The molecule has 0 saturated heterocycles. The van der Waals surface area contributed by atoms with Gasteiger partial charge in [0.1, 0.15) is 0 Å². The quantitative estimate of drug-likeness (QED) is 0.790. The number of esters is 1. The van der Waals surface area contributed by atoms with Crippen molar-refractivity contribution in [2.45, 2.75) is 37.8 Å². The average Bonchev–Trinajstić information content (AvgIpc) is 2.90. The zero-order chi connectivity index (χ0) is 16.1. The molecular formula is C16H22Cl2N2O3. The molecule has 0 bridgehead atoms. The molecule has 23 heavy (non-hydrogen) atoms. The van der Waals surface area contributed by atoms with Gasteiger partial charge in [-0.3, -0.25) is 4.79 Å². The van der Waals surface area contributed by atoms with Gasteiger partial charge in [-0.05, 0) is 36.5 Å². The number of hydrogen-bond acceptors (Lipinski definition) is 4. The second-order valence-electron chi connectivity index (χ2n) is 5.63. The smallest absolute Gasteiger partial charge is 0.333 e. The number of hydrogen-bond donors (Lipinski definition) is 2. The normalized spacial score (nSPS) is 21.2. The zero-order valence-corrected chi connectivity index (χ0v) is 14.5. The first-order valence-electron chi connectivity index (χ1n) is 7.39. The first-order chi connectivity index (χ1) is 10.5. The molecule has 1 aliphatic rings. The van der Waals surface area contributed by atoms with E-state index in [2.05, 4.69) is 5.32 Å². The van der Waals surface area contributed by atoms with Gasteiger partial charge in [-0.1, -0.05) is 30.2 Å². The topological polar surface area (TPSA) is 81.4 Å². The SMILES string of the molecule is COC(=O)C(NC(=O)C[C@@H]1CCC[C@H]1N)c1ccc(Cl)cc1.Cl. The Hall–Kier alpha value is -1.30. The van der Waals surface area contributed by atoms with Gasteiger partial charge in [0.15, 0.2) is 6.04 Å². The Kier molecular flexibility index (Phi) is 7.82. The molecule has 1 aromatic carbocycles. The van der Waals surface area contributed by atoms with E-state index in [-0.39, 0.29) is 30.3 Å². The number of nitrogens with two attached hydrogens (primary N) is 1. The van der Waals surface area contributed by atoms with Crippen LogP contribution in [0.5, 0.6) is 0 Å². The lowest BCUT2D eigenvalue weighted by atomic mass is 9.99. The Morgan fingerprint density at radius 2 is 2.00 bits per heavy atom. The largest absolute Gasteiger partial charge is 0.467 e. The highest BCUT2D eigenvalue weighted by Gasteiger charge is 2.29. The summed E-state index contributed by atoms with van der Waals surface area (Å²) in [5.74, 6) is -0.511. The van der Waals surface area contributed by atoms with Gasteiger partial charge >= 0.3 is 5.97 Å². The van der Waals surface area contributed by atoms with Gasteiger partial charge in [-0.25, -0.2) is 4.79 Å². The second-order valence-corrected chi connectivity index (χ2v) is 6.07. The van der Waals surface area contributed by atoms with Crippen LogP contribution in [-0.2, 0) is 14.3 Å². The van der Waals surface area contributed by atoms with Gasteiger partial charge in [-0.15, -0.1) is 12.4 Å². The summed E-state index contributed by atoms with van der Waals surface area (Å²) < 4.78 is 4.78. The number of nitrogens with one attached hydrogen (secondary N) is 1. The summed E-state index contributed by atoms with van der Waals surface area (Å²) in [5, 5.41) is 3.30. The van der Waals surface area contributed by atoms with E-state index >= 15 is 0 Å². The van der Waals surface area contributed by atoms with E-state index < -0.39 is 12.0 Å². The number of carbonyl (C=O) groups excluding carboxylic acids is 2. The maximum Gasteiger partial charge on any atom is 0.333 e. The fraction of sp³-hybridized carbons (Fsp3) is 0.500. The van der Waals surface area contributed by atoms with Crippen molar-refractivity contribution in [1.82, 2.24) is 5.32 Å². The Labute approximate surface area is 147 Å². The van der Waals surface area contributed by atoms with Gasteiger partial charge in [-0.2, -0.15) is 0 Å². The zero-order valence-electron chi connectivity index (χ0n) is 13.0. The number of benzene rings is 1. The average molecular weight is 361 g/mol. The molecule has 1 amide bonds. The van der Waals surface area contributed by atoms with E-state index in [0.717, 1.165) is 19.3 Å². The number of halogens is 2. The maximum atomic E-state index is 12.2. The van der Waals surface area contributed by atoms with Crippen molar-refractivity contribution in [3.05, 3.63) is 34.9 Å². The summed E-state index contributed by atoms with van der Waals surface area (Å²) in [5.41, 5.74) is 6.62. The van der Waals surface area contributed by atoms with Crippen LogP contribution in [0.1, 0.15) is 37.3 Å². The van der Waals surface area contributed by atoms with Crippen LogP contribution in [-0.4, -0.2) is 25.0 Å². The van der Waals surface area contributed by atoms with Crippen molar-refractivity contribution in [3.63, 3.8) is 0 Å². The Morgan fingerprint density at radius 3 is 2.52 bits per heavy atom. The number of ether oxygens (including phenoxy) is 1. The Bertz CT molecular complexity index is 537. The molecule has 0 aliphatic heterocycles. The highest BCUT2D eigenvalue weighted by molar-refractivity contribution is 6.30. The fourth-order valence-electron chi connectivity index (χ4n) is 2.83. The van der Waals surface area contributed by atoms with E-state index in [9.17, 15) is 9.59 Å². The van der Waals surface area contributed by atoms with Crippen molar-refractivity contribution >= 4 is 35.9 Å². The molecule has 1 unspecified atom stereocenters. The predicted molar refractivity (Wildman–Crippen MR) is 91.5 cm³/mol. The van der Waals surface area contributed by atoms with Gasteiger partial charge in [0.05, 0.1) is 7.11 Å². The summed E-state index contributed by atoms with van der Waals surface area (Å²) in [7, 11) is 1.30. The van der Waals surface area contributed by atoms with Crippen LogP contribution in [0, 0.1) is 5.92 Å². The van der Waals surface area contributed by atoms with E-state index in [0.29, 0.717) is 17.0 Å². The Morgan fingerprint density at radius 1 is 1.35 bits per heavy atom. The molecule has 0 heterocycles. The number of rotatable bonds is 5. The van der Waals surface area contributed by atoms with Crippen LogP contribution in [0.15, 0.2) is 24.3 Å². The lowest BCUT2D eigenvalue weighted by molar-refractivity contribution is -0.145. The molecule has 0 spiro atoms. The first-order valence-corrected chi connectivity index (χ1v) is 7.77. The summed E-state index contributed by atoms with van der Waals surface area (Å²) in [6.07, 6.45) is 3.30. The van der Waals surface area contributed by atoms with Crippen LogP contribution in [0.2, 0.25) is 5.02 Å². The van der Waals surface area contributed by atoms with Crippen LogP contribution >= 0.6 is 24.0 Å². The molecule has 0 radical (unpaired) electrons. The van der Waals surface area contributed by atoms with E-state index in [1.165, 1.54) is 7.11 Å². The Balaban J connectivity index is 0.00000264. The third-order valence-corrected chi connectivity index (χ3v) is 4.36. The van der Waals surface area contributed by atoms with Crippen molar-refractivity contribution in [1.29, 1.82) is 0 Å². The molecule has 3 atom stereocenters. The molecule has 128 valence electrons. The molecule has 1 aliphatic carbocycles. The lowest BCUT2D eigenvalue weighted by Crippen LogP contribution is -2.37. The van der Waals surface area contributed by atoms with Crippen molar-refractivity contribution in [2.75, 3.05) is 7.11 Å². The number of amides is 1. The van der Waals surface area contributed by atoms with Crippen LogP contribution in [0.4, 0.5) is 0 Å². The van der Waals surface area contributed by atoms with Gasteiger partial charge < -0.3 is 15.8 Å². The minimum Gasteiger partial charge on any atom is -0.467 e. The third kappa shape index (κ3) is 5.37. The standard InChI is InChI=1S/C16H21ClN2O3.ClH/c1-22-16(21)15(10-5-7-12(17)8-6-10)19-14(20)9-11-3-2-4-13(11)18;/h5-8,11,13,15H,2-4,9,18H2,1H3,(H,19,20);1H/t11-,13+,15?;/m0./s1. The van der Waals surface area contributed by atoms with E-state index in [4.69, 9.17) is 22.1 Å². The molecule has 3 N–H and O–H groups in total. The predicted octanol–water partition coefficient (Wildman–Crippen LogP) is 2.61.